The quantitative estimate of drug-likeness (QED) is 0.850. The maximum Gasteiger partial charge on any atom is 0.335 e. The SMILES string of the molecule is CN1CCC(NS(=O)(=O)c2cc(C(=O)O)cc(F)c2F)C1. The summed E-state index contributed by atoms with van der Waals surface area (Å²) in [7, 11) is -2.53. The summed E-state index contributed by atoms with van der Waals surface area (Å²) in [5.74, 6) is -4.64. The first kappa shape index (κ1) is 15.8. The average molecular weight is 320 g/mol. The second-order valence-corrected chi connectivity index (χ2v) is 6.63. The van der Waals surface area contributed by atoms with E-state index in [2.05, 4.69) is 4.72 Å². The molecule has 0 bridgehead atoms. The van der Waals surface area contributed by atoms with E-state index in [1.165, 1.54) is 0 Å². The van der Waals surface area contributed by atoms with E-state index in [1.807, 2.05) is 4.90 Å². The van der Waals surface area contributed by atoms with E-state index in [-0.39, 0.29) is 0 Å². The van der Waals surface area contributed by atoms with Gasteiger partial charge in [0.25, 0.3) is 0 Å². The first-order chi connectivity index (χ1) is 9.70. The first-order valence-electron chi connectivity index (χ1n) is 6.14. The average Bonchev–Trinajstić information content (AvgIpc) is 2.76. The molecule has 0 amide bonds. The van der Waals surface area contributed by atoms with Crippen molar-refractivity contribution in [3.8, 4) is 0 Å². The zero-order valence-corrected chi connectivity index (χ0v) is 12.0. The number of likely N-dealkylation sites (tertiary alicyclic amines) is 1. The highest BCUT2D eigenvalue weighted by Crippen LogP contribution is 2.21. The molecule has 1 aromatic carbocycles. The predicted octanol–water partition coefficient (Wildman–Crippen LogP) is 0.645. The van der Waals surface area contributed by atoms with E-state index in [0.29, 0.717) is 31.6 Å². The van der Waals surface area contributed by atoms with Crippen molar-refractivity contribution in [2.24, 2.45) is 0 Å². The van der Waals surface area contributed by atoms with Crippen LogP contribution in [0.5, 0.6) is 0 Å². The summed E-state index contributed by atoms with van der Waals surface area (Å²) in [5, 5.41) is 8.80. The summed E-state index contributed by atoms with van der Waals surface area (Å²) < 4.78 is 53.6. The van der Waals surface area contributed by atoms with Gasteiger partial charge >= 0.3 is 5.97 Å². The van der Waals surface area contributed by atoms with Crippen LogP contribution in [0.25, 0.3) is 0 Å². The van der Waals surface area contributed by atoms with Gasteiger partial charge in [0.15, 0.2) is 11.6 Å². The maximum absolute atomic E-state index is 13.7. The number of carboxylic acids is 1. The Labute approximate surface area is 120 Å². The molecule has 1 heterocycles. The van der Waals surface area contributed by atoms with Crippen molar-refractivity contribution in [3.05, 3.63) is 29.3 Å². The molecular formula is C12H14F2N2O4S. The molecule has 21 heavy (non-hydrogen) atoms. The third-order valence-electron chi connectivity index (χ3n) is 3.24. The zero-order chi connectivity index (χ0) is 15.8. The molecule has 0 radical (unpaired) electrons. The van der Waals surface area contributed by atoms with Crippen LogP contribution < -0.4 is 4.72 Å². The molecule has 6 nitrogen and oxygen atoms in total. The molecule has 1 aromatic rings. The number of halogens is 2. The normalized spacial score (nSPS) is 19.9. The maximum atomic E-state index is 13.7. The van der Waals surface area contributed by atoms with E-state index in [9.17, 15) is 22.0 Å². The molecule has 1 aliphatic rings. The van der Waals surface area contributed by atoms with Gasteiger partial charge in [0.1, 0.15) is 4.90 Å². The van der Waals surface area contributed by atoms with Crippen LogP contribution in [0.1, 0.15) is 16.8 Å². The number of hydrogen-bond donors (Lipinski definition) is 2. The number of sulfonamides is 1. The number of nitrogens with zero attached hydrogens (tertiary/aromatic N) is 1. The topological polar surface area (TPSA) is 86.7 Å². The van der Waals surface area contributed by atoms with Gasteiger partial charge in [-0.3, -0.25) is 0 Å². The van der Waals surface area contributed by atoms with E-state index in [1.54, 1.807) is 7.05 Å². The molecule has 116 valence electrons. The van der Waals surface area contributed by atoms with Crippen molar-refractivity contribution >= 4 is 16.0 Å². The number of hydrogen-bond acceptors (Lipinski definition) is 4. The molecule has 0 aromatic heterocycles. The van der Waals surface area contributed by atoms with Crippen molar-refractivity contribution in [1.29, 1.82) is 0 Å². The Hall–Kier alpha value is -1.58. The molecule has 0 aliphatic carbocycles. The third kappa shape index (κ3) is 3.36. The van der Waals surface area contributed by atoms with Crippen LogP contribution in [0, 0.1) is 11.6 Å². The Kier molecular flexibility index (Phi) is 4.26. The van der Waals surface area contributed by atoms with Crippen molar-refractivity contribution in [3.63, 3.8) is 0 Å². The lowest BCUT2D eigenvalue weighted by molar-refractivity contribution is 0.0696. The molecule has 0 spiro atoms. The van der Waals surface area contributed by atoms with Gasteiger partial charge in [-0.2, -0.15) is 0 Å². The number of carboxylic acid groups (broad SMARTS) is 1. The van der Waals surface area contributed by atoms with Crippen molar-refractivity contribution < 1.29 is 27.1 Å². The minimum absolute atomic E-state index is 0.420. The molecule has 1 fully saturated rings. The van der Waals surface area contributed by atoms with Gasteiger partial charge in [-0.1, -0.05) is 0 Å². The van der Waals surface area contributed by atoms with Crippen LogP contribution in [0.2, 0.25) is 0 Å². The van der Waals surface area contributed by atoms with Gasteiger partial charge in [0.05, 0.1) is 5.56 Å². The summed E-state index contributed by atoms with van der Waals surface area (Å²) in [5.41, 5.74) is -0.627. The Morgan fingerprint density at radius 2 is 2.10 bits per heavy atom. The number of benzene rings is 1. The van der Waals surface area contributed by atoms with Crippen molar-refractivity contribution in [2.45, 2.75) is 17.4 Å². The Balaban J connectivity index is 2.37. The first-order valence-corrected chi connectivity index (χ1v) is 7.62. The summed E-state index contributed by atoms with van der Waals surface area (Å²) in [6.07, 6.45) is 0.540. The van der Waals surface area contributed by atoms with E-state index < -0.39 is 44.1 Å². The predicted molar refractivity (Wildman–Crippen MR) is 69.5 cm³/mol. The van der Waals surface area contributed by atoms with Gasteiger partial charge in [-0.25, -0.2) is 26.7 Å². The molecule has 1 atom stereocenters. The van der Waals surface area contributed by atoms with Gasteiger partial charge in [0.2, 0.25) is 10.0 Å². The fourth-order valence-corrected chi connectivity index (χ4v) is 3.57. The zero-order valence-electron chi connectivity index (χ0n) is 11.1. The fourth-order valence-electron chi connectivity index (χ4n) is 2.20. The summed E-state index contributed by atoms with van der Waals surface area (Å²) >= 11 is 0. The molecule has 1 unspecified atom stereocenters. The van der Waals surface area contributed by atoms with Crippen molar-refractivity contribution in [1.82, 2.24) is 9.62 Å². The monoisotopic (exact) mass is 320 g/mol. The van der Waals surface area contributed by atoms with Crippen molar-refractivity contribution in [2.75, 3.05) is 20.1 Å². The van der Waals surface area contributed by atoms with E-state index in [0.717, 1.165) is 0 Å². The standard InChI is InChI=1S/C12H14F2N2O4S/c1-16-3-2-8(6-16)15-21(19,20)10-5-7(12(17)18)4-9(13)11(10)14/h4-5,8,15H,2-3,6H2,1H3,(H,17,18). The molecule has 9 heteroatoms. The Bertz CT molecular complexity index is 678. The van der Waals surface area contributed by atoms with Crippen LogP contribution in [-0.2, 0) is 10.0 Å². The molecule has 1 saturated heterocycles. The third-order valence-corrected chi connectivity index (χ3v) is 4.76. The highest BCUT2D eigenvalue weighted by Gasteiger charge is 2.29. The number of aromatic carboxylic acids is 1. The van der Waals surface area contributed by atoms with Gasteiger partial charge < -0.3 is 10.0 Å². The second-order valence-electron chi connectivity index (χ2n) is 4.94. The molecular weight excluding hydrogens is 306 g/mol. The Morgan fingerprint density at radius 1 is 1.43 bits per heavy atom. The van der Waals surface area contributed by atoms with Gasteiger partial charge in [-0.05, 0) is 32.1 Å². The fraction of sp³-hybridized carbons (Fsp3) is 0.417. The lowest BCUT2D eigenvalue weighted by Crippen LogP contribution is -2.37. The van der Waals surface area contributed by atoms with Crippen LogP contribution >= 0.6 is 0 Å². The number of likely N-dealkylation sites (N-methyl/N-ethyl adjacent to an activating group) is 1. The second kappa shape index (κ2) is 5.66. The van der Waals surface area contributed by atoms with Gasteiger partial charge in [-0.15, -0.1) is 0 Å². The van der Waals surface area contributed by atoms with Crippen LogP contribution in [0.3, 0.4) is 0 Å². The number of nitrogens with one attached hydrogen (secondary N) is 1. The van der Waals surface area contributed by atoms with Gasteiger partial charge in [0, 0.05) is 12.6 Å². The van der Waals surface area contributed by atoms with Crippen LogP contribution in [0.15, 0.2) is 17.0 Å². The largest absolute Gasteiger partial charge is 0.478 e. The molecule has 1 aliphatic heterocycles. The summed E-state index contributed by atoms with van der Waals surface area (Å²) in [4.78, 5) is 11.7. The lowest BCUT2D eigenvalue weighted by Gasteiger charge is -2.14. The summed E-state index contributed by atoms with van der Waals surface area (Å²) in [6.45, 7) is 1.13. The molecule has 0 saturated carbocycles. The minimum Gasteiger partial charge on any atom is -0.478 e. The smallest absolute Gasteiger partial charge is 0.335 e. The Morgan fingerprint density at radius 3 is 2.62 bits per heavy atom. The van der Waals surface area contributed by atoms with E-state index >= 15 is 0 Å². The highest BCUT2D eigenvalue weighted by molar-refractivity contribution is 7.89. The lowest BCUT2D eigenvalue weighted by atomic mass is 10.2. The number of carbonyl (C=O) groups is 1. The van der Waals surface area contributed by atoms with E-state index in [4.69, 9.17) is 5.11 Å². The van der Waals surface area contributed by atoms with Crippen LogP contribution in [0.4, 0.5) is 8.78 Å². The minimum atomic E-state index is -4.33. The highest BCUT2D eigenvalue weighted by atomic mass is 32.2. The molecule has 2 N–H and O–H groups in total. The van der Waals surface area contributed by atoms with Crippen LogP contribution in [-0.4, -0.2) is 50.6 Å². The number of rotatable bonds is 4. The summed E-state index contributed by atoms with van der Waals surface area (Å²) in [6, 6.07) is 0.637. The molecule has 2 rings (SSSR count).